The molecule has 11 heteroatoms. The fraction of sp³-hybridized carbons (Fsp3) is 0.444. The van der Waals surface area contributed by atoms with Gasteiger partial charge in [-0.05, 0) is 11.1 Å². The summed E-state index contributed by atoms with van der Waals surface area (Å²) in [6.07, 6.45) is -3.76. The first-order valence-electron chi connectivity index (χ1n) is 12.1. The second-order valence-electron chi connectivity index (χ2n) is 8.81. The van der Waals surface area contributed by atoms with Gasteiger partial charge in [-0.25, -0.2) is 0 Å². The highest BCUT2D eigenvalue weighted by atomic mass is 31.2. The minimum absolute atomic E-state index is 0.0443. The molecule has 1 aliphatic rings. The Labute approximate surface area is 221 Å². The third kappa shape index (κ3) is 7.51. The molecule has 0 aromatic heterocycles. The maximum Gasteiger partial charge on any atom is 0.303 e. The largest absolute Gasteiger partial charge is 0.459 e. The summed E-state index contributed by atoms with van der Waals surface area (Å²) in [5.41, 5.74) is 0.555. The molecule has 0 saturated carbocycles. The van der Waals surface area contributed by atoms with E-state index in [-0.39, 0.29) is 19.8 Å². The van der Waals surface area contributed by atoms with E-state index in [0.29, 0.717) is 0 Å². The van der Waals surface area contributed by atoms with Crippen LogP contribution in [0.5, 0.6) is 0 Å². The SMILES string of the molecule is CO[P@]1(=O)[C@H](COCc2ccccc2)[C@@H](OC(C)=O)[C@H](OCc2ccccc2)[C@@H](OC(C)=O)[C@H]1OC(C)=O. The second-order valence-corrected chi connectivity index (χ2v) is 11.6. The van der Waals surface area contributed by atoms with E-state index in [1.165, 1.54) is 14.0 Å². The predicted molar refractivity (Wildman–Crippen MR) is 136 cm³/mol. The van der Waals surface area contributed by atoms with Crippen LogP contribution in [-0.2, 0) is 60.4 Å². The van der Waals surface area contributed by atoms with Crippen molar-refractivity contribution in [3.63, 3.8) is 0 Å². The van der Waals surface area contributed by atoms with E-state index in [1.54, 1.807) is 0 Å². The molecule has 0 radical (unpaired) electrons. The highest BCUT2D eigenvalue weighted by Crippen LogP contribution is 2.63. The quantitative estimate of drug-likeness (QED) is 0.232. The molecule has 3 rings (SSSR count). The summed E-state index contributed by atoms with van der Waals surface area (Å²) in [4.78, 5) is 36.4. The number of ether oxygens (including phenoxy) is 5. The Hall–Kier alpha value is -3.04. The molecule has 10 nitrogen and oxygen atoms in total. The first kappa shape index (κ1) is 29.5. The monoisotopic (exact) mass is 548 g/mol. The zero-order chi connectivity index (χ0) is 27.7. The molecule has 1 saturated heterocycles. The zero-order valence-electron chi connectivity index (χ0n) is 21.8. The van der Waals surface area contributed by atoms with Crippen molar-refractivity contribution in [1.82, 2.24) is 0 Å². The summed E-state index contributed by atoms with van der Waals surface area (Å²) in [5, 5.41) is 0. The van der Waals surface area contributed by atoms with E-state index in [2.05, 4.69) is 0 Å². The molecule has 0 amide bonds. The van der Waals surface area contributed by atoms with Gasteiger partial charge in [0.25, 0.3) is 7.37 Å². The average molecular weight is 549 g/mol. The van der Waals surface area contributed by atoms with Gasteiger partial charge in [0, 0.05) is 27.9 Å². The lowest BCUT2D eigenvalue weighted by Gasteiger charge is -2.47. The fourth-order valence-corrected chi connectivity index (χ4v) is 7.14. The van der Waals surface area contributed by atoms with Crippen LogP contribution in [0.1, 0.15) is 31.9 Å². The lowest BCUT2D eigenvalue weighted by atomic mass is 10.0. The molecule has 1 heterocycles. The lowest BCUT2D eigenvalue weighted by Crippen LogP contribution is -2.61. The number of rotatable bonds is 11. The molecule has 0 bridgehead atoms. The summed E-state index contributed by atoms with van der Waals surface area (Å²) < 4.78 is 48.6. The summed E-state index contributed by atoms with van der Waals surface area (Å²) in [7, 11) is -2.85. The Morgan fingerprint density at radius 3 is 1.71 bits per heavy atom. The van der Waals surface area contributed by atoms with Gasteiger partial charge < -0.3 is 28.2 Å². The summed E-state index contributed by atoms with van der Waals surface area (Å²) in [5.74, 6) is -3.69. The van der Waals surface area contributed by atoms with Crippen LogP contribution in [0.4, 0.5) is 0 Å². The van der Waals surface area contributed by atoms with E-state index in [9.17, 15) is 18.9 Å². The topological polar surface area (TPSA) is 124 Å². The van der Waals surface area contributed by atoms with Gasteiger partial charge in [-0.3, -0.25) is 18.9 Å². The number of hydrogen-bond donors (Lipinski definition) is 0. The highest BCUT2D eigenvalue weighted by molar-refractivity contribution is 7.60. The molecule has 2 aromatic carbocycles. The molecule has 0 unspecified atom stereocenters. The molecule has 38 heavy (non-hydrogen) atoms. The zero-order valence-corrected chi connectivity index (χ0v) is 22.7. The Morgan fingerprint density at radius 2 is 1.21 bits per heavy atom. The number of esters is 3. The highest BCUT2D eigenvalue weighted by Gasteiger charge is 2.63. The summed E-state index contributed by atoms with van der Waals surface area (Å²) in [6.45, 7) is 3.54. The van der Waals surface area contributed by atoms with Gasteiger partial charge in [0.05, 0.1) is 19.8 Å². The second kappa shape index (κ2) is 13.7. The summed E-state index contributed by atoms with van der Waals surface area (Å²) >= 11 is 0. The predicted octanol–water partition coefficient (Wildman–Crippen LogP) is 3.85. The van der Waals surface area contributed by atoms with E-state index < -0.39 is 55.1 Å². The molecule has 0 spiro atoms. The van der Waals surface area contributed by atoms with Gasteiger partial charge in [-0.15, -0.1) is 0 Å². The Kier molecular flexibility index (Phi) is 10.6. The maximum absolute atomic E-state index is 14.4. The molecular weight excluding hydrogens is 515 g/mol. The van der Waals surface area contributed by atoms with Crippen molar-refractivity contribution < 1.29 is 47.2 Å². The lowest BCUT2D eigenvalue weighted by molar-refractivity contribution is -0.196. The van der Waals surface area contributed by atoms with Gasteiger partial charge in [-0.2, -0.15) is 0 Å². The molecule has 1 fully saturated rings. The van der Waals surface area contributed by atoms with E-state index in [1.807, 2.05) is 60.7 Å². The first-order chi connectivity index (χ1) is 18.2. The number of carbonyl (C=O) groups is 3. The normalized spacial score (nSPS) is 26.8. The minimum Gasteiger partial charge on any atom is -0.459 e. The summed E-state index contributed by atoms with van der Waals surface area (Å²) in [6, 6.07) is 18.5. The number of benzene rings is 2. The Bertz CT molecular complexity index is 1120. The third-order valence-corrected chi connectivity index (χ3v) is 9.03. The Morgan fingerprint density at radius 1 is 0.711 bits per heavy atom. The molecule has 0 aliphatic carbocycles. The minimum atomic E-state index is -4.05. The van der Waals surface area contributed by atoms with Crippen LogP contribution in [-0.4, -0.2) is 61.4 Å². The van der Waals surface area contributed by atoms with Crippen molar-refractivity contribution >= 4 is 25.3 Å². The van der Waals surface area contributed by atoms with Gasteiger partial charge >= 0.3 is 17.9 Å². The van der Waals surface area contributed by atoms with Crippen LogP contribution in [0.25, 0.3) is 0 Å². The van der Waals surface area contributed by atoms with Crippen LogP contribution >= 0.6 is 7.37 Å². The molecule has 0 N–H and O–H groups in total. The molecular formula is C27H33O10P. The first-order valence-corrected chi connectivity index (χ1v) is 13.9. The molecule has 6 atom stereocenters. The van der Waals surface area contributed by atoms with Gasteiger partial charge in [0.1, 0.15) is 17.9 Å². The van der Waals surface area contributed by atoms with Crippen LogP contribution in [0.15, 0.2) is 60.7 Å². The van der Waals surface area contributed by atoms with Crippen molar-refractivity contribution in [2.75, 3.05) is 13.7 Å². The van der Waals surface area contributed by atoms with Crippen molar-refractivity contribution in [1.29, 1.82) is 0 Å². The van der Waals surface area contributed by atoms with E-state index >= 15 is 0 Å². The average Bonchev–Trinajstić information content (AvgIpc) is 2.88. The van der Waals surface area contributed by atoms with Gasteiger partial charge in [0.2, 0.25) is 5.85 Å². The smallest absolute Gasteiger partial charge is 0.303 e. The van der Waals surface area contributed by atoms with E-state index in [4.69, 9.17) is 28.2 Å². The number of hydrogen-bond acceptors (Lipinski definition) is 10. The van der Waals surface area contributed by atoms with Crippen LogP contribution in [0.2, 0.25) is 0 Å². The van der Waals surface area contributed by atoms with Gasteiger partial charge in [0.15, 0.2) is 6.10 Å². The molecule has 2 aromatic rings. The van der Waals surface area contributed by atoms with Crippen molar-refractivity contribution in [3.05, 3.63) is 71.8 Å². The third-order valence-electron chi connectivity index (χ3n) is 5.99. The van der Waals surface area contributed by atoms with Crippen LogP contribution < -0.4 is 0 Å². The van der Waals surface area contributed by atoms with Crippen molar-refractivity contribution in [3.8, 4) is 0 Å². The standard InChI is InChI=1S/C27H33O10P/c1-18(28)35-24-23(17-33-15-21-11-7-5-8-12-21)38(31,32-4)27(37-20(3)30)26(36-19(2)29)25(24)34-16-22-13-9-6-10-14-22/h5-14,23-27H,15-17H2,1-4H3/t23-,24-,25+,26-,27+,38-/m1/s1. The fourth-order valence-electron chi connectivity index (χ4n) is 4.40. The Balaban J connectivity index is 2.03. The van der Waals surface area contributed by atoms with Gasteiger partial charge in [-0.1, -0.05) is 60.7 Å². The van der Waals surface area contributed by atoms with Crippen LogP contribution in [0.3, 0.4) is 0 Å². The molecule has 1 aliphatic heterocycles. The molecule has 206 valence electrons. The number of carbonyl (C=O) groups excluding carboxylic acids is 3. The van der Waals surface area contributed by atoms with Crippen molar-refractivity contribution in [2.45, 2.75) is 63.8 Å². The van der Waals surface area contributed by atoms with Crippen LogP contribution in [0, 0.1) is 0 Å². The van der Waals surface area contributed by atoms with E-state index in [0.717, 1.165) is 25.0 Å². The maximum atomic E-state index is 14.4. The van der Waals surface area contributed by atoms with Crippen molar-refractivity contribution in [2.24, 2.45) is 0 Å².